The van der Waals surface area contributed by atoms with Gasteiger partial charge in [0.25, 0.3) is 5.91 Å². The maximum absolute atomic E-state index is 14.2. The Hall–Kier alpha value is -4.06. The van der Waals surface area contributed by atoms with E-state index in [-0.39, 0.29) is 43.4 Å². The molecule has 1 amide bonds. The number of anilines is 1. The van der Waals surface area contributed by atoms with Crippen LogP contribution in [0.4, 0.5) is 10.1 Å². The number of aliphatic carboxylic acids is 1. The van der Waals surface area contributed by atoms with E-state index in [4.69, 9.17) is 9.84 Å². The van der Waals surface area contributed by atoms with Crippen LogP contribution in [0.2, 0.25) is 0 Å². The van der Waals surface area contributed by atoms with E-state index in [9.17, 15) is 29.0 Å². The summed E-state index contributed by atoms with van der Waals surface area (Å²) in [5.74, 6) is -2.58. The molecule has 0 unspecified atom stereocenters. The minimum atomic E-state index is -1.26. The third kappa shape index (κ3) is 8.80. The molecule has 1 aromatic heterocycles. The van der Waals surface area contributed by atoms with Crippen LogP contribution in [-0.4, -0.2) is 57.1 Å². The predicted octanol–water partition coefficient (Wildman–Crippen LogP) is 3.30. The van der Waals surface area contributed by atoms with Crippen LogP contribution < -0.4 is 34.9 Å². The Morgan fingerprint density at radius 1 is 0.935 bits per heavy atom. The van der Waals surface area contributed by atoms with Gasteiger partial charge in [0.2, 0.25) is 0 Å². The van der Waals surface area contributed by atoms with Crippen molar-refractivity contribution in [2.75, 3.05) is 12.4 Å². The third-order valence-electron chi connectivity index (χ3n) is 7.13. The SMILES string of the molecule is COC(=O)c1ccc(NC(=O)c2c(-c3ccccc3)c(-c3ccc(F)cc3)c(C=C[C@@H](O)C[C@@H](O)CC(=O)O)n2C(C)C)cc1.[H-].[Na+]. The number of benzene rings is 3. The van der Waals surface area contributed by atoms with Crippen molar-refractivity contribution in [3.63, 3.8) is 0 Å². The molecule has 236 valence electrons. The van der Waals surface area contributed by atoms with E-state index in [1.54, 1.807) is 42.5 Å². The Morgan fingerprint density at radius 3 is 2.11 bits per heavy atom. The van der Waals surface area contributed by atoms with Gasteiger partial charge < -0.3 is 31.4 Å². The molecule has 4 rings (SSSR count). The van der Waals surface area contributed by atoms with Crippen molar-refractivity contribution in [3.8, 4) is 22.3 Å². The predicted molar refractivity (Wildman–Crippen MR) is 170 cm³/mol. The molecule has 4 N–H and O–H groups in total. The summed E-state index contributed by atoms with van der Waals surface area (Å²) in [6, 6.07) is 21.1. The van der Waals surface area contributed by atoms with Crippen LogP contribution in [-0.2, 0) is 9.53 Å². The van der Waals surface area contributed by atoms with Gasteiger partial charge in [-0.05, 0) is 67.4 Å². The Bertz CT molecular complexity index is 1690. The molecular formula is C35H36FN2NaO7. The molecule has 0 bridgehead atoms. The van der Waals surface area contributed by atoms with Gasteiger partial charge in [0, 0.05) is 35.0 Å². The third-order valence-corrected chi connectivity index (χ3v) is 7.13. The average Bonchev–Trinajstić information content (AvgIpc) is 3.36. The number of halogens is 1. The first-order valence-electron chi connectivity index (χ1n) is 14.4. The maximum Gasteiger partial charge on any atom is 1.00 e. The van der Waals surface area contributed by atoms with Gasteiger partial charge in [-0.2, -0.15) is 0 Å². The van der Waals surface area contributed by atoms with Crippen molar-refractivity contribution >= 4 is 29.6 Å². The van der Waals surface area contributed by atoms with Crippen LogP contribution in [0, 0.1) is 5.82 Å². The molecule has 0 aliphatic carbocycles. The molecule has 0 spiro atoms. The first-order valence-corrected chi connectivity index (χ1v) is 14.4. The molecule has 4 aromatic rings. The van der Waals surface area contributed by atoms with Gasteiger partial charge in [0.15, 0.2) is 0 Å². The number of carboxylic acids is 1. The number of carboxylic acid groups (broad SMARTS) is 1. The molecule has 11 heteroatoms. The summed E-state index contributed by atoms with van der Waals surface area (Å²) in [6.45, 7) is 3.80. The summed E-state index contributed by atoms with van der Waals surface area (Å²) in [6.07, 6.45) is -0.113. The average molecular weight is 639 g/mol. The fourth-order valence-corrected chi connectivity index (χ4v) is 5.17. The number of hydrogen-bond donors (Lipinski definition) is 4. The van der Waals surface area contributed by atoms with Gasteiger partial charge in [0.1, 0.15) is 11.5 Å². The monoisotopic (exact) mass is 638 g/mol. The summed E-state index contributed by atoms with van der Waals surface area (Å²) in [7, 11) is 1.28. The summed E-state index contributed by atoms with van der Waals surface area (Å²) in [5.41, 5.74) is 4.10. The number of nitrogens with one attached hydrogen (secondary N) is 1. The number of esters is 1. The first kappa shape index (κ1) is 36.4. The smallest absolute Gasteiger partial charge is 1.00 e. The molecule has 9 nitrogen and oxygen atoms in total. The molecule has 3 aromatic carbocycles. The van der Waals surface area contributed by atoms with E-state index in [0.717, 1.165) is 5.56 Å². The van der Waals surface area contributed by atoms with Crippen LogP contribution in [0.1, 0.15) is 60.7 Å². The second kappa shape index (κ2) is 16.5. The van der Waals surface area contributed by atoms with E-state index >= 15 is 0 Å². The van der Waals surface area contributed by atoms with Crippen molar-refractivity contribution in [2.45, 2.75) is 44.9 Å². The molecule has 0 radical (unpaired) electrons. The molecule has 0 saturated heterocycles. The number of carbonyl (C=O) groups excluding carboxylic acids is 2. The van der Waals surface area contributed by atoms with Crippen LogP contribution in [0.3, 0.4) is 0 Å². The van der Waals surface area contributed by atoms with E-state index in [1.807, 2.05) is 48.7 Å². The summed E-state index contributed by atoms with van der Waals surface area (Å²) < 4.78 is 20.6. The van der Waals surface area contributed by atoms with E-state index in [0.29, 0.717) is 39.3 Å². The Morgan fingerprint density at radius 2 is 1.54 bits per heavy atom. The van der Waals surface area contributed by atoms with Crippen molar-refractivity contribution in [2.24, 2.45) is 0 Å². The van der Waals surface area contributed by atoms with Crippen LogP contribution in [0.25, 0.3) is 28.3 Å². The minimum Gasteiger partial charge on any atom is -1.00 e. The van der Waals surface area contributed by atoms with Crippen LogP contribution in [0.15, 0.2) is 84.9 Å². The number of amides is 1. The number of methoxy groups -OCH3 is 1. The van der Waals surface area contributed by atoms with Crippen molar-refractivity contribution < 1.29 is 69.8 Å². The van der Waals surface area contributed by atoms with Gasteiger partial charge >= 0.3 is 41.5 Å². The molecule has 1 heterocycles. The molecule has 0 saturated carbocycles. The first-order chi connectivity index (χ1) is 21.5. The zero-order valence-electron chi connectivity index (χ0n) is 27.1. The van der Waals surface area contributed by atoms with Crippen molar-refractivity contribution in [3.05, 3.63) is 108 Å². The van der Waals surface area contributed by atoms with Gasteiger partial charge in [-0.25, -0.2) is 9.18 Å². The molecule has 46 heavy (non-hydrogen) atoms. The number of carbonyl (C=O) groups is 3. The number of ether oxygens (including phenoxy) is 1. The fraction of sp³-hybridized carbons (Fsp3) is 0.229. The summed E-state index contributed by atoms with van der Waals surface area (Å²) in [5, 5.41) is 32.7. The summed E-state index contributed by atoms with van der Waals surface area (Å²) >= 11 is 0. The van der Waals surface area contributed by atoms with Gasteiger partial charge in [-0.15, -0.1) is 0 Å². The zero-order valence-corrected chi connectivity index (χ0v) is 28.1. The Kier molecular flexibility index (Phi) is 13.0. The van der Waals surface area contributed by atoms with Gasteiger partial charge in [0.05, 0.1) is 31.3 Å². The summed E-state index contributed by atoms with van der Waals surface area (Å²) in [4.78, 5) is 37.1. The molecule has 2 atom stereocenters. The Balaban J connectivity index is 0.00000384. The number of hydrogen-bond acceptors (Lipinski definition) is 6. The molecule has 0 fully saturated rings. The quantitative estimate of drug-likeness (QED) is 0.138. The topological polar surface area (TPSA) is 138 Å². The van der Waals surface area contributed by atoms with Gasteiger partial charge in [-0.3, -0.25) is 9.59 Å². The second-order valence-corrected chi connectivity index (χ2v) is 10.8. The van der Waals surface area contributed by atoms with E-state index in [2.05, 4.69) is 5.32 Å². The number of aromatic nitrogens is 1. The number of nitrogens with zero attached hydrogens (tertiary/aromatic N) is 1. The second-order valence-electron chi connectivity index (χ2n) is 10.8. The Labute approximate surface area is 290 Å². The molecular weight excluding hydrogens is 602 g/mol. The number of aliphatic hydroxyl groups excluding tert-OH is 2. The normalized spacial score (nSPS) is 12.4. The largest absolute Gasteiger partial charge is 1.00 e. The fourth-order valence-electron chi connectivity index (χ4n) is 5.17. The zero-order chi connectivity index (χ0) is 32.7. The van der Waals surface area contributed by atoms with E-state index < -0.39 is 42.3 Å². The molecule has 0 aliphatic rings. The minimum absolute atomic E-state index is 0. The van der Waals surface area contributed by atoms with Gasteiger partial charge in [-0.1, -0.05) is 48.5 Å². The van der Waals surface area contributed by atoms with Crippen molar-refractivity contribution in [1.29, 1.82) is 0 Å². The van der Waals surface area contributed by atoms with Crippen LogP contribution in [0.5, 0.6) is 0 Å². The van der Waals surface area contributed by atoms with Crippen LogP contribution >= 0.6 is 0 Å². The van der Waals surface area contributed by atoms with E-state index in [1.165, 1.54) is 25.3 Å². The standard InChI is InChI=1S/C35H35FN2O7.Na.H/c1-21(2)38-29(18-17-27(39)19-28(40)20-30(41)42)31(23-9-13-25(36)14-10-23)32(22-7-5-4-6-8-22)33(38)34(43)37-26-15-11-24(12-16-26)35(44)45-3;;/h4-18,21,27-28,39-40H,19-20H2,1-3H3,(H,37,43)(H,41,42);;/q;+1;-1/t27-,28-;;/m1../s1. The maximum atomic E-state index is 14.2. The van der Waals surface area contributed by atoms with Crippen molar-refractivity contribution in [1.82, 2.24) is 4.57 Å². The number of rotatable bonds is 12. The number of aliphatic hydroxyl groups is 2. The molecule has 0 aliphatic heterocycles.